The molecular weight excluding hydrogens is 302 g/mol. The Bertz CT molecular complexity index is 750. The molecule has 1 saturated heterocycles. The Kier molecular flexibility index (Phi) is 4.60. The van der Waals surface area contributed by atoms with E-state index in [2.05, 4.69) is 4.98 Å². The number of aryl methyl sites for hydroxylation is 2. The van der Waals surface area contributed by atoms with Gasteiger partial charge in [0, 0.05) is 44.1 Å². The number of aromatic nitrogens is 1. The summed E-state index contributed by atoms with van der Waals surface area (Å²) in [5.41, 5.74) is 3.48. The summed E-state index contributed by atoms with van der Waals surface area (Å²) in [5, 5.41) is 0. The lowest BCUT2D eigenvalue weighted by Gasteiger charge is -2.35. The van der Waals surface area contributed by atoms with Gasteiger partial charge in [0.2, 0.25) is 0 Å². The predicted octanol–water partition coefficient (Wildman–Crippen LogP) is 2.30. The Labute approximate surface area is 141 Å². The van der Waals surface area contributed by atoms with E-state index in [1.165, 1.54) is 0 Å². The summed E-state index contributed by atoms with van der Waals surface area (Å²) in [6.45, 7) is 6.18. The van der Waals surface area contributed by atoms with E-state index in [1.54, 1.807) is 29.4 Å². The second kappa shape index (κ2) is 6.83. The van der Waals surface area contributed by atoms with Gasteiger partial charge >= 0.3 is 0 Å². The van der Waals surface area contributed by atoms with Gasteiger partial charge in [-0.25, -0.2) is 0 Å². The third kappa shape index (κ3) is 3.30. The van der Waals surface area contributed by atoms with Gasteiger partial charge in [-0.05, 0) is 37.6 Å². The molecule has 2 aromatic rings. The van der Waals surface area contributed by atoms with Crippen LogP contribution >= 0.6 is 0 Å². The number of pyridine rings is 1. The number of carbonyl (C=O) groups excluding carboxylic acids is 2. The topological polar surface area (TPSA) is 53.5 Å². The molecule has 0 N–H and O–H groups in total. The van der Waals surface area contributed by atoms with Crippen molar-refractivity contribution in [2.45, 2.75) is 13.8 Å². The SMILES string of the molecule is Cc1ccc(C(=O)N2CCN(C(=O)c3cccnc3)CC2)c(C)c1. The van der Waals surface area contributed by atoms with E-state index in [1.807, 2.05) is 36.9 Å². The van der Waals surface area contributed by atoms with Gasteiger partial charge in [0.05, 0.1) is 5.56 Å². The lowest BCUT2D eigenvalue weighted by Crippen LogP contribution is -2.50. The molecular formula is C19H21N3O2. The third-order valence-corrected chi connectivity index (χ3v) is 4.37. The zero-order valence-electron chi connectivity index (χ0n) is 14.0. The number of hydrogen-bond acceptors (Lipinski definition) is 3. The Hall–Kier alpha value is -2.69. The summed E-state index contributed by atoms with van der Waals surface area (Å²) < 4.78 is 0. The molecule has 0 saturated carbocycles. The van der Waals surface area contributed by atoms with Crippen LogP contribution in [0, 0.1) is 13.8 Å². The van der Waals surface area contributed by atoms with Crippen LogP contribution in [0.3, 0.4) is 0 Å². The van der Waals surface area contributed by atoms with Crippen LogP contribution in [0.5, 0.6) is 0 Å². The van der Waals surface area contributed by atoms with Crippen molar-refractivity contribution in [3.8, 4) is 0 Å². The summed E-state index contributed by atoms with van der Waals surface area (Å²) in [6.07, 6.45) is 3.23. The standard InChI is InChI=1S/C19H21N3O2/c1-14-5-6-17(15(2)12-14)19(24)22-10-8-21(9-11-22)18(23)16-4-3-7-20-13-16/h3-7,12-13H,8-11H2,1-2H3. The molecule has 5 heteroatoms. The number of amides is 2. The Balaban J connectivity index is 1.64. The molecule has 5 nitrogen and oxygen atoms in total. The average molecular weight is 323 g/mol. The maximum absolute atomic E-state index is 12.7. The highest BCUT2D eigenvalue weighted by molar-refractivity contribution is 5.96. The van der Waals surface area contributed by atoms with Crippen molar-refractivity contribution in [2.75, 3.05) is 26.2 Å². The molecule has 0 atom stereocenters. The second-order valence-electron chi connectivity index (χ2n) is 6.14. The van der Waals surface area contributed by atoms with Crippen molar-refractivity contribution in [3.63, 3.8) is 0 Å². The highest BCUT2D eigenvalue weighted by atomic mass is 16.2. The molecule has 2 amide bonds. The van der Waals surface area contributed by atoms with E-state index in [0.29, 0.717) is 31.7 Å². The minimum absolute atomic E-state index is 0.0262. The van der Waals surface area contributed by atoms with Gasteiger partial charge in [-0.1, -0.05) is 17.7 Å². The molecule has 0 bridgehead atoms. The number of hydrogen-bond donors (Lipinski definition) is 0. The fourth-order valence-electron chi connectivity index (χ4n) is 3.01. The van der Waals surface area contributed by atoms with Crippen LogP contribution in [0.4, 0.5) is 0 Å². The lowest BCUT2D eigenvalue weighted by molar-refractivity contribution is 0.0535. The van der Waals surface area contributed by atoms with Crippen molar-refractivity contribution in [2.24, 2.45) is 0 Å². The summed E-state index contributed by atoms with van der Waals surface area (Å²) in [5.74, 6) is 0.0164. The van der Waals surface area contributed by atoms with Crippen molar-refractivity contribution in [1.82, 2.24) is 14.8 Å². The first-order chi connectivity index (χ1) is 11.6. The van der Waals surface area contributed by atoms with E-state index in [4.69, 9.17) is 0 Å². The number of rotatable bonds is 2. The summed E-state index contributed by atoms with van der Waals surface area (Å²) >= 11 is 0. The number of piperazine rings is 1. The van der Waals surface area contributed by atoms with Crippen molar-refractivity contribution >= 4 is 11.8 Å². The predicted molar refractivity (Wildman–Crippen MR) is 92.0 cm³/mol. The number of carbonyl (C=O) groups is 2. The van der Waals surface area contributed by atoms with E-state index in [9.17, 15) is 9.59 Å². The second-order valence-corrected chi connectivity index (χ2v) is 6.14. The molecule has 1 aliphatic rings. The maximum Gasteiger partial charge on any atom is 0.255 e. The lowest BCUT2D eigenvalue weighted by atomic mass is 10.0. The van der Waals surface area contributed by atoms with Crippen LogP contribution in [-0.4, -0.2) is 52.8 Å². The largest absolute Gasteiger partial charge is 0.335 e. The zero-order chi connectivity index (χ0) is 17.1. The van der Waals surface area contributed by atoms with Gasteiger partial charge in [0.1, 0.15) is 0 Å². The van der Waals surface area contributed by atoms with Crippen molar-refractivity contribution in [1.29, 1.82) is 0 Å². The van der Waals surface area contributed by atoms with Crippen LogP contribution in [0.1, 0.15) is 31.8 Å². The zero-order valence-corrected chi connectivity index (χ0v) is 14.0. The van der Waals surface area contributed by atoms with Crippen LogP contribution in [0.15, 0.2) is 42.7 Å². The molecule has 24 heavy (non-hydrogen) atoms. The third-order valence-electron chi connectivity index (χ3n) is 4.37. The van der Waals surface area contributed by atoms with Gasteiger partial charge in [-0.15, -0.1) is 0 Å². The van der Waals surface area contributed by atoms with Crippen LogP contribution in [0.25, 0.3) is 0 Å². The van der Waals surface area contributed by atoms with Gasteiger partial charge in [0.25, 0.3) is 11.8 Å². The molecule has 0 aliphatic carbocycles. The van der Waals surface area contributed by atoms with Crippen molar-refractivity contribution in [3.05, 3.63) is 65.0 Å². The Morgan fingerprint density at radius 1 is 0.958 bits per heavy atom. The molecule has 0 unspecified atom stereocenters. The molecule has 1 aliphatic heterocycles. The highest BCUT2D eigenvalue weighted by Gasteiger charge is 2.26. The fraction of sp³-hybridized carbons (Fsp3) is 0.316. The molecule has 1 aromatic carbocycles. The fourth-order valence-corrected chi connectivity index (χ4v) is 3.01. The quantitative estimate of drug-likeness (QED) is 0.852. The first-order valence-electron chi connectivity index (χ1n) is 8.12. The van der Waals surface area contributed by atoms with Gasteiger partial charge in [-0.3, -0.25) is 14.6 Å². The smallest absolute Gasteiger partial charge is 0.255 e. The normalized spacial score (nSPS) is 14.6. The van der Waals surface area contributed by atoms with Gasteiger partial charge in [-0.2, -0.15) is 0 Å². The molecule has 2 heterocycles. The van der Waals surface area contributed by atoms with E-state index in [-0.39, 0.29) is 11.8 Å². The van der Waals surface area contributed by atoms with Gasteiger partial charge in [0.15, 0.2) is 0 Å². The molecule has 3 rings (SSSR count). The molecule has 0 spiro atoms. The van der Waals surface area contributed by atoms with Crippen molar-refractivity contribution < 1.29 is 9.59 Å². The minimum atomic E-state index is -0.0262. The Morgan fingerprint density at radius 3 is 2.21 bits per heavy atom. The minimum Gasteiger partial charge on any atom is -0.335 e. The number of nitrogens with zero attached hydrogens (tertiary/aromatic N) is 3. The van der Waals surface area contributed by atoms with Gasteiger partial charge < -0.3 is 9.80 Å². The first-order valence-corrected chi connectivity index (χ1v) is 8.12. The molecule has 1 fully saturated rings. The van der Waals surface area contributed by atoms with Crippen LogP contribution < -0.4 is 0 Å². The summed E-state index contributed by atoms with van der Waals surface area (Å²) in [6, 6.07) is 9.40. The van der Waals surface area contributed by atoms with Crippen LogP contribution in [-0.2, 0) is 0 Å². The van der Waals surface area contributed by atoms with E-state index >= 15 is 0 Å². The van der Waals surface area contributed by atoms with E-state index < -0.39 is 0 Å². The molecule has 0 radical (unpaired) electrons. The highest BCUT2D eigenvalue weighted by Crippen LogP contribution is 2.15. The summed E-state index contributed by atoms with van der Waals surface area (Å²) in [7, 11) is 0. The molecule has 1 aromatic heterocycles. The monoisotopic (exact) mass is 323 g/mol. The van der Waals surface area contributed by atoms with E-state index in [0.717, 1.165) is 16.7 Å². The Morgan fingerprint density at radius 2 is 1.62 bits per heavy atom. The average Bonchev–Trinajstić information content (AvgIpc) is 2.61. The maximum atomic E-state index is 12.7. The number of benzene rings is 1. The molecule has 124 valence electrons. The summed E-state index contributed by atoms with van der Waals surface area (Å²) in [4.78, 5) is 32.7. The van der Waals surface area contributed by atoms with Crippen LogP contribution in [0.2, 0.25) is 0 Å². The first kappa shape index (κ1) is 16.2.